The monoisotopic (exact) mass is 398 g/mol. The van der Waals surface area contributed by atoms with Crippen LogP contribution in [0.2, 0.25) is 0 Å². The molecule has 3 rings (SSSR count). The van der Waals surface area contributed by atoms with E-state index in [1.54, 1.807) is 12.3 Å². The van der Waals surface area contributed by atoms with Gasteiger partial charge in [-0.3, -0.25) is 9.78 Å². The molecule has 4 nitrogen and oxygen atoms in total. The molecular formula is C20H19BrN2O2. The van der Waals surface area contributed by atoms with Crippen molar-refractivity contribution in [3.05, 3.63) is 64.8 Å². The van der Waals surface area contributed by atoms with Crippen molar-refractivity contribution in [3.63, 3.8) is 0 Å². The second-order valence-corrected chi connectivity index (χ2v) is 6.50. The Bertz CT molecular complexity index is 896. The fourth-order valence-corrected chi connectivity index (χ4v) is 3.00. The summed E-state index contributed by atoms with van der Waals surface area (Å²) in [6.07, 6.45) is 3.80. The highest BCUT2D eigenvalue weighted by molar-refractivity contribution is 9.10. The van der Waals surface area contributed by atoms with Crippen LogP contribution >= 0.6 is 15.9 Å². The van der Waals surface area contributed by atoms with E-state index in [1.165, 1.54) is 0 Å². The first kappa shape index (κ1) is 17.4. The van der Waals surface area contributed by atoms with Crippen LogP contribution in [0.25, 0.3) is 10.9 Å². The molecule has 0 atom stereocenters. The molecule has 0 fully saturated rings. The number of nitrogens with one attached hydrogen (secondary N) is 1. The molecule has 1 heterocycles. The largest absolute Gasteiger partial charge is 0.491 e. The molecule has 5 heteroatoms. The summed E-state index contributed by atoms with van der Waals surface area (Å²) in [6, 6.07) is 14.9. The van der Waals surface area contributed by atoms with Gasteiger partial charge in [-0.25, -0.2) is 0 Å². The van der Waals surface area contributed by atoms with Crippen molar-refractivity contribution in [2.45, 2.75) is 19.8 Å². The third-order valence-corrected chi connectivity index (χ3v) is 4.55. The lowest BCUT2D eigenvalue weighted by atomic mass is 10.1. The molecule has 1 amide bonds. The summed E-state index contributed by atoms with van der Waals surface area (Å²) in [5.74, 6) is 0.570. The number of halogens is 1. The van der Waals surface area contributed by atoms with Gasteiger partial charge in [0.05, 0.1) is 17.9 Å². The second-order valence-electron chi connectivity index (χ2n) is 5.65. The molecule has 0 aliphatic heterocycles. The number of fused-ring (bicyclic) bond motifs is 1. The molecule has 1 aromatic heterocycles. The standard InChI is InChI=1S/C20H19BrN2O2/c1-2-3-13-25-18-11-10-17(15-8-6-12-22-19(15)18)23-20(24)14-7-4-5-9-16(14)21/h4-12H,2-3,13H2,1H3,(H,23,24). The van der Waals surface area contributed by atoms with Crippen LogP contribution in [0.5, 0.6) is 5.75 Å². The number of aromatic nitrogens is 1. The van der Waals surface area contributed by atoms with Crippen LogP contribution in [0.4, 0.5) is 5.69 Å². The first-order valence-electron chi connectivity index (χ1n) is 8.27. The van der Waals surface area contributed by atoms with Crippen molar-refractivity contribution >= 4 is 38.4 Å². The minimum Gasteiger partial charge on any atom is -0.491 e. The van der Waals surface area contributed by atoms with Crippen LogP contribution in [-0.4, -0.2) is 17.5 Å². The topological polar surface area (TPSA) is 51.2 Å². The van der Waals surface area contributed by atoms with Crippen LogP contribution in [0.15, 0.2) is 59.2 Å². The van der Waals surface area contributed by atoms with Crippen molar-refractivity contribution in [3.8, 4) is 5.75 Å². The third-order valence-electron chi connectivity index (χ3n) is 3.85. The number of rotatable bonds is 6. The normalized spacial score (nSPS) is 10.6. The van der Waals surface area contributed by atoms with Gasteiger partial charge < -0.3 is 10.1 Å². The molecule has 0 aliphatic rings. The van der Waals surface area contributed by atoms with Crippen molar-refractivity contribution in [1.29, 1.82) is 0 Å². The minimum atomic E-state index is -0.169. The molecule has 0 spiro atoms. The Morgan fingerprint density at radius 3 is 2.80 bits per heavy atom. The lowest BCUT2D eigenvalue weighted by Gasteiger charge is -2.13. The first-order valence-corrected chi connectivity index (χ1v) is 9.06. The SMILES string of the molecule is CCCCOc1ccc(NC(=O)c2ccccc2Br)c2cccnc12. The number of unbranched alkanes of at least 4 members (excludes halogenated alkanes) is 1. The van der Waals surface area contributed by atoms with Crippen molar-refractivity contribution in [2.75, 3.05) is 11.9 Å². The Kier molecular flexibility index (Phi) is 5.66. The van der Waals surface area contributed by atoms with E-state index in [9.17, 15) is 4.79 Å². The first-order chi connectivity index (χ1) is 12.2. The van der Waals surface area contributed by atoms with E-state index in [4.69, 9.17) is 4.74 Å². The molecular weight excluding hydrogens is 380 g/mol. The highest BCUT2D eigenvalue weighted by atomic mass is 79.9. The van der Waals surface area contributed by atoms with E-state index in [1.807, 2.05) is 42.5 Å². The summed E-state index contributed by atoms with van der Waals surface area (Å²) in [4.78, 5) is 17.0. The minimum absolute atomic E-state index is 0.169. The van der Waals surface area contributed by atoms with Crippen molar-refractivity contribution in [1.82, 2.24) is 4.98 Å². The molecule has 0 aliphatic carbocycles. The molecule has 0 saturated heterocycles. The number of pyridine rings is 1. The van der Waals surface area contributed by atoms with Crippen LogP contribution in [0.1, 0.15) is 30.1 Å². The Morgan fingerprint density at radius 2 is 2.00 bits per heavy atom. The summed E-state index contributed by atoms with van der Waals surface area (Å²) in [7, 11) is 0. The summed E-state index contributed by atoms with van der Waals surface area (Å²) in [6.45, 7) is 2.78. The lowest BCUT2D eigenvalue weighted by molar-refractivity contribution is 0.102. The predicted octanol–water partition coefficient (Wildman–Crippen LogP) is 5.43. The molecule has 0 radical (unpaired) electrons. The molecule has 1 N–H and O–H groups in total. The molecule has 128 valence electrons. The van der Waals surface area contributed by atoms with E-state index >= 15 is 0 Å². The molecule has 2 aromatic carbocycles. The molecule has 0 saturated carbocycles. The molecule has 25 heavy (non-hydrogen) atoms. The van der Waals surface area contributed by atoms with E-state index < -0.39 is 0 Å². The van der Waals surface area contributed by atoms with Gasteiger partial charge in [0.1, 0.15) is 11.3 Å². The van der Waals surface area contributed by atoms with Gasteiger partial charge in [-0.1, -0.05) is 25.5 Å². The van der Waals surface area contributed by atoms with Gasteiger partial charge in [0.15, 0.2) is 0 Å². The maximum absolute atomic E-state index is 12.6. The average Bonchev–Trinajstić information content (AvgIpc) is 2.64. The van der Waals surface area contributed by atoms with Gasteiger partial charge in [-0.15, -0.1) is 0 Å². The van der Waals surface area contributed by atoms with Gasteiger partial charge in [-0.2, -0.15) is 0 Å². The second kappa shape index (κ2) is 8.12. The van der Waals surface area contributed by atoms with Gasteiger partial charge in [0.2, 0.25) is 0 Å². The highest BCUT2D eigenvalue weighted by Crippen LogP contribution is 2.30. The third kappa shape index (κ3) is 3.99. The van der Waals surface area contributed by atoms with Gasteiger partial charge in [-0.05, 0) is 58.7 Å². The van der Waals surface area contributed by atoms with E-state index in [0.29, 0.717) is 17.9 Å². The van der Waals surface area contributed by atoms with Gasteiger partial charge >= 0.3 is 0 Å². The number of carbonyl (C=O) groups excluding carboxylic acids is 1. The summed E-state index contributed by atoms with van der Waals surface area (Å²) in [5, 5.41) is 3.83. The number of amides is 1. The molecule has 0 bridgehead atoms. The Morgan fingerprint density at radius 1 is 1.16 bits per heavy atom. The number of hydrogen-bond acceptors (Lipinski definition) is 3. The Labute approximate surface area is 155 Å². The fourth-order valence-electron chi connectivity index (χ4n) is 2.53. The zero-order chi connectivity index (χ0) is 17.6. The quantitative estimate of drug-likeness (QED) is 0.563. The van der Waals surface area contributed by atoms with E-state index in [-0.39, 0.29) is 5.91 Å². The summed E-state index contributed by atoms with van der Waals surface area (Å²) >= 11 is 3.41. The number of anilines is 1. The zero-order valence-electron chi connectivity index (χ0n) is 14.0. The van der Waals surface area contributed by atoms with Crippen molar-refractivity contribution in [2.24, 2.45) is 0 Å². The number of benzene rings is 2. The fraction of sp³-hybridized carbons (Fsp3) is 0.200. The molecule has 3 aromatic rings. The maximum atomic E-state index is 12.6. The number of carbonyl (C=O) groups is 1. The predicted molar refractivity (Wildman–Crippen MR) is 104 cm³/mol. The van der Waals surface area contributed by atoms with E-state index in [0.717, 1.165) is 34.0 Å². The smallest absolute Gasteiger partial charge is 0.256 e. The van der Waals surface area contributed by atoms with Gasteiger partial charge in [0, 0.05) is 16.1 Å². The van der Waals surface area contributed by atoms with Crippen molar-refractivity contribution < 1.29 is 9.53 Å². The van der Waals surface area contributed by atoms with Crippen LogP contribution in [0, 0.1) is 0 Å². The van der Waals surface area contributed by atoms with Crippen LogP contribution in [0.3, 0.4) is 0 Å². The maximum Gasteiger partial charge on any atom is 0.256 e. The average molecular weight is 399 g/mol. The Balaban J connectivity index is 1.91. The molecule has 0 unspecified atom stereocenters. The van der Waals surface area contributed by atoms with Crippen LogP contribution in [-0.2, 0) is 0 Å². The number of ether oxygens (including phenoxy) is 1. The lowest BCUT2D eigenvalue weighted by Crippen LogP contribution is -2.13. The van der Waals surface area contributed by atoms with E-state index in [2.05, 4.69) is 33.2 Å². The number of hydrogen-bond donors (Lipinski definition) is 1. The van der Waals surface area contributed by atoms with Crippen LogP contribution < -0.4 is 10.1 Å². The zero-order valence-corrected chi connectivity index (χ0v) is 15.5. The summed E-state index contributed by atoms with van der Waals surface area (Å²) in [5.41, 5.74) is 2.05. The number of nitrogens with zero attached hydrogens (tertiary/aromatic N) is 1. The van der Waals surface area contributed by atoms with Gasteiger partial charge in [0.25, 0.3) is 5.91 Å². The Hall–Kier alpha value is -2.40. The highest BCUT2D eigenvalue weighted by Gasteiger charge is 2.13. The summed E-state index contributed by atoms with van der Waals surface area (Å²) < 4.78 is 6.60.